The van der Waals surface area contributed by atoms with Gasteiger partial charge in [0.2, 0.25) is 10.0 Å². The van der Waals surface area contributed by atoms with Gasteiger partial charge in [-0.3, -0.25) is 4.79 Å². The van der Waals surface area contributed by atoms with Crippen LogP contribution < -0.4 is 15.0 Å². The lowest BCUT2D eigenvalue weighted by Gasteiger charge is -2.30. The van der Waals surface area contributed by atoms with Crippen LogP contribution in [0.1, 0.15) is 17.3 Å². The first-order valence-corrected chi connectivity index (χ1v) is 12.1. The summed E-state index contributed by atoms with van der Waals surface area (Å²) < 4.78 is 42.4. The summed E-state index contributed by atoms with van der Waals surface area (Å²) in [5, 5.41) is 2.68. The Morgan fingerprint density at radius 1 is 1.12 bits per heavy atom. The first-order chi connectivity index (χ1) is 16.1. The molecule has 0 unspecified atom stereocenters. The third-order valence-corrected chi connectivity index (χ3v) is 7.15. The molecule has 0 bridgehead atoms. The predicted octanol–water partition coefficient (Wildman–Crippen LogP) is 1.97. The van der Waals surface area contributed by atoms with Crippen molar-refractivity contribution in [2.75, 3.05) is 57.7 Å². The van der Waals surface area contributed by atoms with Crippen LogP contribution in [-0.2, 0) is 24.3 Å². The molecule has 1 N–H and O–H groups in total. The molecule has 184 valence electrons. The van der Waals surface area contributed by atoms with E-state index < -0.39 is 28.0 Å². The molecule has 0 radical (unpaired) electrons. The Kier molecular flexibility index (Phi) is 8.13. The summed E-state index contributed by atoms with van der Waals surface area (Å²) in [7, 11) is 0.518. The highest BCUT2D eigenvalue weighted by molar-refractivity contribution is 7.89. The van der Waals surface area contributed by atoms with Crippen LogP contribution >= 0.6 is 0 Å². The van der Waals surface area contributed by atoms with Gasteiger partial charge in [0.05, 0.1) is 42.2 Å². The number of nitrogens with one attached hydrogen (secondary N) is 1. The van der Waals surface area contributed by atoms with E-state index in [2.05, 4.69) is 5.32 Å². The molecule has 34 heavy (non-hydrogen) atoms. The highest BCUT2D eigenvalue weighted by Gasteiger charge is 2.27. The predicted molar refractivity (Wildman–Crippen MR) is 127 cm³/mol. The Bertz CT molecular complexity index is 1150. The standard InChI is InChI=1S/C23H29N3O7S/c1-16(22(27)24-19-7-5-6-8-21(19)31-4)33-23(28)18-15-17(34(29,30)25(2)3)9-10-20(18)26-11-13-32-14-12-26/h5-10,15-16H,11-14H2,1-4H3,(H,24,27)/t16-/m0/s1. The molecule has 1 amide bonds. The van der Waals surface area contributed by atoms with Crippen molar-refractivity contribution in [1.82, 2.24) is 4.31 Å². The van der Waals surface area contributed by atoms with Crippen molar-refractivity contribution in [3.63, 3.8) is 0 Å². The largest absolute Gasteiger partial charge is 0.495 e. The minimum Gasteiger partial charge on any atom is -0.495 e. The maximum atomic E-state index is 13.2. The number of methoxy groups -OCH3 is 1. The van der Waals surface area contributed by atoms with Gasteiger partial charge in [-0.15, -0.1) is 0 Å². The Labute approximate surface area is 199 Å². The van der Waals surface area contributed by atoms with E-state index in [4.69, 9.17) is 14.2 Å². The molecule has 1 saturated heterocycles. The molecule has 0 spiro atoms. The van der Waals surface area contributed by atoms with Crippen molar-refractivity contribution in [1.29, 1.82) is 0 Å². The number of sulfonamides is 1. The molecule has 0 aromatic heterocycles. The number of nitrogens with zero attached hydrogens (tertiary/aromatic N) is 2. The third kappa shape index (κ3) is 5.66. The van der Waals surface area contributed by atoms with Crippen molar-refractivity contribution >= 4 is 33.3 Å². The average molecular weight is 492 g/mol. The first-order valence-electron chi connectivity index (χ1n) is 10.7. The van der Waals surface area contributed by atoms with Crippen molar-refractivity contribution < 1.29 is 32.2 Å². The molecular weight excluding hydrogens is 462 g/mol. The van der Waals surface area contributed by atoms with Gasteiger partial charge in [-0.25, -0.2) is 17.5 Å². The number of carbonyl (C=O) groups is 2. The number of benzene rings is 2. The number of morpholine rings is 1. The van der Waals surface area contributed by atoms with E-state index in [0.29, 0.717) is 43.4 Å². The average Bonchev–Trinajstić information content (AvgIpc) is 2.84. The lowest BCUT2D eigenvalue weighted by atomic mass is 10.1. The summed E-state index contributed by atoms with van der Waals surface area (Å²) in [5.74, 6) is -0.895. The van der Waals surface area contributed by atoms with E-state index in [1.54, 1.807) is 30.3 Å². The van der Waals surface area contributed by atoms with Crippen molar-refractivity contribution in [3.05, 3.63) is 48.0 Å². The summed E-state index contributed by atoms with van der Waals surface area (Å²) >= 11 is 0. The summed E-state index contributed by atoms with van der Waals surface area (Å²) in [6, 6.07) is 11.2. The maximum absolute atomic E-state index is 13.2. The molecule has 10 nitrogen and oxygen atoms in total. The second-order valence-corrected chi connectivity index (χ2v) is 9.95. The van der Waals surface area contributed by atoms with Gasteiger partial charge in [0, 0.05) is 27.2 Å². The summed E-state index contributed by atoms with van der Waals surface area (Å²) in [4.78, 5) is 27.7. The Morgan fingerprint density at radius 2 is 1.79 bits per heavy atom. The topological polar surface area (TPSA) is 114 Å². The van der Waals surface area contributed by atoms with Crippen molar-refractivity contribution in [3.8, 4) is 5.75 Å². The number of hydrogen-bond acceptors (Lipinski definition) is 8. The molecule has 2 aromatic carbocycles. The summed E-state index contributed by atoms with van der Waals surface area (Å²) in [6.45, 7) is 3.46. The molecule has 1 fully saturated rings. The third-order valence-electron chi connectivity index (χ3n) is 5.34. The minimum atomic E-state index is -3.78. The van der Waals surface area contributed by atoms with Crippen LogP contribution in [0.4, 0.5) is 11.4 Å². The number of rotatable bonds is 8. The molecule has 1 aliphatic heterocycles. The minimum absolute atomic E-state index is 0.0485. The zero-order chi connectivity index (χ0) is 24.9. The van der Waals surface area contributed by atoms with Crippen molar-refractivity contribution in [2.45, 2.75) is 17.9 Å². The van der Waals surface area contributed by atoms with Gasteiger partial charge >= 0.3 is 5.97 Å². The monoisotopic (exact) mass is 491 g/mol. The Hall–Kier alpha value is -3.15. The molecule has 1 aliphatic rings. The van der Waals surface area contributed by atoms with Crippen LogP contribution in [0.5, 0.6) is 5.75 Å². The van der Waals surface area contributed by atoms with E-state index in [1.807, 2.05) is 4.90 Å². The van der Waals surface area contributed by atoms with E-state index >= 15 is 0 Å². The molecular formula is C23H29N3O7S. The van der Waals surface area contributed by atoms with Gasteiger partial charge < -0.3 is 24.4 Å². The number of ether oxygens (including phenoxy) is 3. The van der Waals surface area contributed by atoms with Crippen LogP contribution in [-0.4, -0.2) is 78.2 Å². The second-order valence-electron chi connectivity index (χ2n) is 7.80. The number of carbonyl (C=O) groups excluding carboxylic acids is 2. The second kappa shape index (κ2) is 10.9. The van der Waals surface area contributed by atoms with Crippen LogP contribution in [0.25, 0.3) is 0 Å². The highest BCUT2D eigenvalue weighted by Crippen LogP contribution is 2.28. The van der Waals surface area contributed by atoms with E-state index in [9.17, 15) is 18.0 Å². The van der Waals surface area contributed by atoms with Crippen LogP contribution in [0.15, 0.2) is 47.4 Å². The molecule has 0 aliphatic carbocycles. The fourth-order valence-electron chi connectivity index (χ4n) is 3.39. The number of para-hydroxylation sites is 2. The van der Waals surface area contributed by atoms with Crippen molar-refractivity contribution in [2.24, 2.45) is 0 Å². The zero-order valence-corrected chi connectivity index (χ0v) is 20.4. The highest BCUT2D eigenvalue weighted by atomic mass is 32.2. The van der Waals surface area contributed by atoms with Crippen LogP contribution in [0, 0.1) is 0 Å². The van der Waals surface area contributed by atoms with Crippen LogP contribution in [0.3, 0.4) is 0 Å². The van der Waals surface area contributed by atoms with Gasteiger partial charge in [-0.05, 0) is 37.3 Å². The van der Waals surface area contributed by atoms with Gasteiger partial charge in [-0.1, -0.05) is 12.1 Å². The Balaban J connectivity index is 1.86. The first kappa shape index (κ1) is 25.5. The normalized spacial score (nSPS) is 15.0. The fraction of sp³-hybridized carbons (Fsp3) is 0.391. The number of amides is 1. The molecule has 0 saturated carbocycles. The smallest absolute Gasteiger partial charge is 0.341 e. The zero-order valence-electron chi connectivity index (χ0n) is 19.6. The maximum Gasteiger partial charge on any atom is 0.341 e. The van der Waals surface area contributed by atoms with Gasteiger partial charge in [0.15, 0.2) is 6.10 Å². The SMILES string of the molecule is COc1ccccc1NC(=O)[C@H](C)OC(=O)c1cc(S(=O)(=O)N(C)C)ccc1N1CCOCC1. The molecule has 1 atom stereocenters. The fourth-order valence-corrected chi connectivity index (χ4v) is 4.32. The lowest BCUT2D eigenvalue weighted by Crippen LogP contribution is -2.37. The summed E-state index contributed by atoms with van der Waals surface area (Å²) in [6.07, 6.45) is -1.15. The van der Waals surface area contributed by atoms with Gasteiger partial charge in [0.1, 0.15) is 5.75 Å². The van der Waals surface area contributed by atoms with Crippen LogP contribution in [0.2, 0.25) is 0 Å². The van der Waals surface area contributed by atoms with Gasteiger partial charge in [0.25, 0.3) is 5.91 Å². The lowest BCUT2D eigenvalue weighted by molar-refractivity contribution is -0.123. The van der Waals surface area contributed by atoms with Gasteiger partial charge in [-0.2, -0.15) is 0 Å². The molecule has 3 rings (SSSR count). The molecule has 11 heteroatoms. The Morgan fingerprint density at radius 3 is 2.44 bits per heavy atom. The van der Waals surface area contributed by atoms with E-state index in [0.717, 1.165) is 4.31 Å². The number of anilines is 2. The molecule has 2 aromatic rings. The summed E-state index contributed by atoms with van der Waals surface area (Å²) in [5.41, 5.74) is 1.01. The van der Waals surface area contributed by atoms with E-state index in [1.165, 1.54) is 40.3 Å². The van der Waals surface area contributed by atoms with E-state index in [-0.39, 0.29) is 10.5 Å². The quantitative estimate of drug-likeness (QED) is 0.558. The number of esters is 1. The number of hydrogen-bond donors (Lipinski definition) is 1. The molecule has 1 heterocycles.